The van der Waals surface area contributed by atoms with Gasteiger partial charge in [-0.2, -0.15) is 0 Å². The molecule has 0 heterocycles. The number of rotatable bonds is 4. The Kier molecular flexibility index (Phi) is 5.81. The van der Waals surface area contributed by atoms with Crippen LogP contribution in [0.2, 0.25) is 0 Å². The van der Waals surface area contributed by atoms with Gasteiger partial charge >= 0.3 is 5.97 Å². The fourth-order valence-corrected chi connectivity index (χ4v) is 2.12. The number of benzene rings is 1. The summed E-state index contributed by atoms with van der Waals surface area (Å²) >= 11 is 0. The van der Waals surface area contributed by atoms with Crippen LogP contribution in [-0.2, 0) is 25.2 Å². The molecule has 0 bridgehead atoms. The van der Waals surface area contributed by atoms with E-state index in [1.807, 2.05) is 53.7 Å². The van der Waals surface area contributed by atoms with Crippen molar-refractivity contribution < 1.29 is 19.5 Å². The third-order valence-electron chi connectivity index (χ3n) is 3.43. The van der Waals surface area contributed by atoms with Gasteiger partial charge in [0.15, 0.2) is 0 Å². The third-order valence-corrected chi connectivity index (χ3v) is 3.43. The van der Waals surface area contributed by atoms with Crippen molar-refractivity contribution in [3.05, 3.63) is 28.8 Å². The Morgan fingerprint density at radius 1 is 1.13 bits per heavy atom. The number of hydrogen-bond donors (Lipinski definition) is 1. The predicted octanol–water partition coefficient (Wildman–Crippen LogP) is 3.51. The topological polar surface area (TPSA) is 68.1 Å². The predicted molar refractivity (Wildman–Crippen MR) is 91.1 cm³/mol. The van der Waals surface area contributed by atoms with Gasteiger partial charge in [-0.3, -0.25) is 0 Å². The number of carbonyl (C=O) groups excluding carboxylic acids is 1. The van der Waals surface area contributed by atoms with Crippen LogP contribution in [0.5, 0.6) is 5.75 Å². The Hall–Kier alpha value is -2.04. The maximum Gasteiger partial charge on any atom is 0.346 e. The highest BCUT2D eigenvalue weighted by atomic mass is 16.6. The van der Waals surface area contributed by atoms with Gasteiger partial charge in [0, 0.05) is 11.1 Å². The van der Waals surface area contributed by atoms with E-state index in [1.165, 1.54) is 13.3 Å². The maximum atomic E-state index is 11.0. The van der Waals surface area contributed by atoms with Gasteiger partial charge in [-0.25, -0.2) is 4.79 Å². The van der Waals surface area contributed by atoms with E-state index in [2.05, 4.69) is 9.89 Å². The normalized spacial score (nSPS) is 12.5. The summed E-state index contributed by atoms with van der Waals surface area (Å²) in [5.74, 6) is -0.170. The Labute approximate surface area is 138 Å². The Bertz CT molecular complexity index is 557. The summed E-state index contributed by atoms with van der Waals surface area (Å²) in [6.45, 7) is 12.0. The minimum Gasteiger partial charge on any atom is -0.507 e. The number of oxime groups is 1. The molecule has 5 nitrogen and oxygen atoms in total. The number of hydrogen-bond acceptors (Lipinski definition) is 5. The van der Waals surface area contributed by atoms with Crippen LogP contribution in [-0.4, -0.2) is 31.0 Å². The largest absolute Gasteiger partial charge is 0.507 e. The highest BCUT2D eigenvalue weighted by molar-refractivity contribution is 5.81. The molecule has 0 aliphatic carbocycles. The minimum atomic E-state index is -0.487. The Balaban J connectivity index is 3.18. The second-order valence-electron chi connectivity index (χ2n) is 7.55. The standard InChI is InChI=1S/C18H27NO4/c1-17(2,3)13-8-12(10-19-23-11-15(20)22-7)9-14(16(13)21)18(4,5)6/h8-10,21H,11H2,1-7H3. The number of phenolic OH excluding ortho intramolecular Hbond substituents is 1. The first-order valence-electron chi connectivity index (χ1n) is 7.57. The molecule has 0 saturated heterocycles. The molecule has 0 radical (unpaired) electrons. The average Bonchev–Trinajstić information content (AvgIpc) is 2.41. The highest BCUT2D eigenvalue weighted by Gasteiger charge is 2.26. The van der Waals surface area contributed by atoms with Gasteiger partial charge in [0.05, 0.1) is 13.3 Å². The van der Waals surface area contributed by atoms with E-state index < -0.39 is 5.97 Å². The number of carbonyl (C=O) groups is 1. The van der Waals surface area contributed by atoms with Crippen LogP contribution >= 0.6 is 0 Å². The molecule has 128 valence electrons. The van der Waals surface area contributed by atoms with Crippen LogP contribution in [0.25, 0.3) is 0 Å². The van der Waals surface area contributed by atoms with E-state index >= 15 is 0 Å². The molecule has 0 amide bonds. The van der Waals surface area contributed by atoms with Crippen LogP contribution in [0.1, 0.15) is 58.2 Å². The van der Waals surface area contributed by atoms with Crippen molar-refractivity contribution in [2.45, 2.75) is 52.4 Å². The lowest BCUT2D eigenvalue weighted by molar-refractivity contribution is -0.145. The van der Waals surface area contributed by atoms with Crippen molar-refractivity contribution in [2.24, 2.45) is 5.16 Å². The number of nitrogens with zero attached hydrogens (tertiary/aromatic N) is 1. The zero-order chi connectivity index (χ0) is 17.8. The first kappa shape index (κ1) is 19.0. The van der Waals surface area contributed by atoms with Crippen molar-refractivity contribution in [3.8, 4) is 5.75 Å². The smallest absolute Gasteiger partial charge is 0.346 e. The van der Waals surface area contributed by atoms with Crippen LogP contribution in [0.4, 0.5) is 0 Å². The number of phenols is 1. The second-order valence-corrected chi connectivity index (χ2v) is 7.55. The molecule has 0 atom stereocenters. The van der Waals surface area contributed by atoms with Gasteiger partial charge in [-0.15, -0.1) is 0 Å². The molecule has 23 heavy (non-hydrogen) atoms. The summed E-state index contributed by atoms with van der Waals surface area (Å²) in [6.07, 6.45) is 1.53. The summed E-state index contributed by atoms with van der Waals surface area (Å²) in [6, 6.07) is 3.77. The number of aromatic hydroxyl groups is 1. The number of esters is 1. The molecule has 1 aromatic rings. The summed E-state index contributed by atoms with van der Waals surface area (Å²) in [5.41, 5.74) is 2.09. The molecule has 1 aromatic carbocycles. The lowest BCUT2D eigenvalue weighted by Gasteiger charge is -2.27. The third kappa shape index (κ3) is 5.27. The molecule has 0 saturated carbocycles. The summed E-state index contributed by atoms with van der Waals surface area (Å²) in [5, 5.41) is 14.4. The van der Waals surface area contributed by atoms with Crippen LogP contribution in [0.3, 0.4) is 0 Å². The van der Waals surface area contributed by atoms with Crippen molar-refractivity contribution >= 4 is 12.2 Å². The van der Waals surface area contributed by atoms with Crippen molar-refractivity contribution in [1.29, 1.82) is 0 Å². The second kappa shape index (κ2) is 7.02. The van der Waals surface area contributed by atoms with E-state index in [4.69, 9.17) is 4.84 Å². The molecule has 1 rings (SSSR count). The molecular formula is C18H27NO4. The van der Waals surface area contributed by atoms with Gasteiger partial charge in [-0.1, -0.05) is 46.7 Å². The molecule has 5 heteroatoms. The average molecular weight is 321 g/mol. The lowest BCUT2D eigenvalue weighted by Crippen LogP contribution is -2.18. The van der Waals surface area contributed by atoms with E-state index in [-0.39, 0.29) is 17.4 Å². The zero-order valence-electron chi connectivity index (χ0n) is 15.1. The quantitative estimate of drug-likeness (QED) is 0.523. The van der Waals surface area contributed by atoms with Crippen LogP contribution in [0, 0.1) is 0 Å². The maximum absolute atomic E-state index is 11.0. The number of methoxy groups -OCH3 is 1. The molecule has 1 N–H and O–H groups in total. The van der Waals surface area contributed by atoms with E-state index in [1.54, 1.807) is 0 Å². The van der Waals surface area contributed by atoms with Gasteiger partial charge in [0.1, 0.15) is 5.75 Å². The first-order chi connectivity index (χ1) is 10.5. The zero-order valence-corrected chi connectivity index (χ0v) is 15.1. The molecule has 0 aliphatic rings. The number of ether oxygens (including phenoxy) is 1. The van der Waals surface area contributed by atoms with Gasteiger partial charge in [-0.05, 0) is 28.5 Å². The molecular weight excluding hydrogens is 294 g/mol. The molecule has 0 aromatic heterocycles. The van der Waals surface area contributed by atoms with Gasteiger partial charge in [0.2, 0.25) is 6.61 Å². The summed E-state index contributed by atoms with van der Waals surface area (Å²) < 4.78 is 4.47. The SMILES string of the molecule is COC(=O)CON=Cc1cc(C(C)(C)C)c(O)c(C(C)(C)C)c1. The minimum absolute atomic E-state index is 0.208. The Morgan fingerprint density at radius 3 is 2.00 bits per heavy atom. The summed E-state index contributed by atoms with van der Waals surface area (Å²) in [4.78, 5) is 15.9. The van der Waals surface area contributed by atoms with E-state index in [0.29, 0.717) is 5.75 Å². The molecule has 0 unspecified atom stereocenters. The highest BCUT2D eigenvalue weighted by Crippen LogP contribution is 2.39. The summed E-state index contributed by atoms with van der Waals surface area (Å²) in [7, 11) is 1.29. The first-order valence-corrected chi connectivity index (χ1v) is 7.57. The van der Waals surface area contributed by atoms with Gasteiger partial charge in [0.25, 0.3) is 0 Å². The van der Waals surface area contributed by atoms with Crippen LogP contribution in [0.15, 0.2) is 17.3 Å². The van der Waals surface area contributed by atoms with Crippen molar-refractivity contribution in [1.82, 2.24) is 0 Å². The van der Waals surface area contributed by atoms with Crippen LogP contribution < -0.4 is 0 Å². The monoisotopic (exact) mass is 321 g/mol. The fourth-order valence-electron chi connectivity index (χ4n) is 2.12. The van der Waals surface area contributed by atoms with E-state index in [0.717, 1.165) is 16.7 Å². The molecule has 0 fully saturated rings. The fraction of sp³-hybridized carbons (Fsp3) is 0.556. The van der Waals surface area contributed by atoms with Crippen molar-refractivity contribution in [3.63, 3.8) is 0 Å². The van der Waals surface area contributed by atoms with E-state index in [9.17, 15) is 9.90 Å². The molecule has 0 spiro atoms. The Morgan fingerprint density at radius 2 is 1.61 bits per heavy atom. The van der Waals surface area contributed by atoms with Gasteiger partial charge < -0.3 is 14.7 Å². The van der Waals surface area contributed by atoms with Crippen molar-refractivity contribution in [2.75, 3.05) is 13.7 Å². The molecule has 0 aliphatic heterocycles. The lowest BCUT2D eigenvalue weighted by atomic mass is 9.78.